The standard InChI is InChI=1S/C14H21NO2/c1-9(2)13-6-5-12(7-10(13)3)14(17)15-11(4)8-16/h5-7,9,11,16H,8H2,1-4H3,(H,15,17)/t11-/m0/s1. The number of carbonyl (C=O) groups is 1. The summed E-state index contributed by atoms with van der Waals surface area (Å²) in [5.41, 5.74) is 3.04. The van der Waals surface area contributed by atoms with Crippen molar-refractivity contribution in [3.05, 3.63) is 34.9 Å². The van der Waals surface area contributed by atoms with Crippen molar-refractivity contribution in [2.75, 3.05) is 6.61 Å². The number of amides is 1. The molecule has 0 bridgehead atoms. The molecule has 3 nitrogen and oxygen atoms in total. The molecule has 1 atom stereocenters. The molecule has 0 aliphatic heterocycles. The Morgan fingerprint density at radius 3 is 2.47 bits per heavy atom. The molecular weight excluding hydrogens is 214 g/mol. The number of nitrogens with one attached hydrogen (secondary N) is 1. The highest BCUT2D eigenvalue weighted by Crippen LogP contribution is 2.19. The highest BCUT2D eigenvalue weighted by Gasteiger charge is 2.11. The van der Waals surface area contributed by atoms with Gasteiger partial charge in [0.1, 0.15) is 0 Å². The van der Waals surface area contributed by atoms with Gasteiger partial charge < -0.3 is 10.4 Å². The molecule has 2 N–H and O–H groups in total. The summed E-state index contributed by atoms with van der Waals surface area (Å²) in [7, 11) is 0. The minimum atomic E-state index is -0.215. The summed E-state index contributed by atoms with van der Waals surface area (Å²) < 4.78 is 0. The third kappa shape index (κ3) is 3.56. The SMILES string of the molecule is Cc1cc(C(=O)N[C@@H](C)CO)ccc1C(C)C. The molecule has 0 spiro atoms. The van der Waals surface area contributed by atoms with E-state index in [0.29, 0.717) is 11.5 Å². The van der Waals surface area contributed by atoms with E-state index in [-0.39, 0.29) is 18.6 Å². The van der Waals surface area contributed by atoms with Crippen LogP contribution in [-0.4, -0.2) is 23.7 Å². The molecule has 0 saturated heterocycles. The molecule has 3 heteroatoms. The van der Waals surface area contributed by atoms with E-state index in [1.54, 1.807) is 6.92 Å². The van der Waals surface area contributed by atoms with Gasteiger partial charge in [0.25, 0.3) is 5.91 Å². The van der Waals surface area contributed by atoms with Crippen molar-refractivity contribution in [2.24, 2.45) is 0 Å². The Balaban J connectivity index is 2.86. The lowest BCUT2D eigenvalue weighted by Gasteiger charge is -2.13. The summed E-state index contributed by atoms with van der Waals surface area (Å²) >= 11 is 0. The summed E-state index contributed by atoms with van der Waals surface area (Å²) in [6, 6.07) is 5.52. The summed E-state index contributed by atoms with van der Waals surface area (Å²) in [5, 5.41) is 11.6. The second-order valence-corrected chi connectivity index (χ2v) is 4.78. The fourth-order valence-corrected chi connectivity index (χ4v) is 1.82. The van der Waals surface area contributed by atoms with Crippen molar-refractivity contribution in [2.45, 2.75) is 39.7 Å². The Hall–Kier alpha value is -1.35. The molecule has 1 amide bonds. The van der Waals surface area contributed by atoms with Crippen LogP contribution in [-0.2, 0) is 0 Å². The van der Waals surface area contributed by atoms with Crippen molar-refractivity contribution in [1.82, 2.24) is 5.32 Å². The number of rotatable bonds is 4. The topological polar surface area (TPSA) is 49.3 Å². The van der Waals surface area contributed by atoms with Crippen molar-refractivity contribution >= 4 is 5.91 Å². The number of hydrogen-bond acceptors (Lipinski definition) is 2. The first-order valence-electron chi connectivity index (χ1n) is 5.98. The predicted octanol–water partition coefficient (Wildman–Crippen LogP) is 2.23. The smallest absolute Gasteiger partial charge is 0.251 e. The molecule has 94 valence electrons. The number of aliphatic hydroxyl groups is 1. The van der Waals surface area contributed by atoms with Crippen molar-refractivity contribution in [1.29, 1.82) is 0 Å². The number of aliphatic hydroxyl groups excluding tert-OH is 1. The predicted molar refractivity (Wildman–Crippen MR) is 69.3 cm³/mol. The van der Waals surface area contributed by atoms with Crippen LogP contribution in [0.5, 0.6) is 0 Å². The van der Waals surface area contributed by atoms with E-state index in [2.05, 4.69) is 19.2 Å². The number of benzene rings is 1. The fraction of sp³-hybridized carbons (Fsp3) is 0.500. The minimum absolute atomic E-state index is 0.0468. The van der Waals surface area contributed by atoms with Gasteiger partial charge in [-0.2, -0.15) is 0 Å². The van der Waals surface area contributed by atoms with Crippen molar-refractivity contribution < 1.29 is 9.90 Å². The number of carbonyl (C=O) groups excluding carboxylic acids is 1. The Morgan fingerprint density at radius 1 is 1.35 bits per heavy atom. The van der Waals surface area contributed by atoms with Crippen LogP contribution in [0.4, 0.5) is 0 Å². The molecule has 1 rings (SSSR count). The van der Waals surface area contributed by atoms with Crippen LogP contribution in [0, 0.1) is 6.92 Å². The first-order valence-corrected chi connectivity index (χ1v) is 5.98. The molecule has 0 fully saturated rings. The van der Waals surface area contributed by atoms with Crippen LogP contribution in [0.25, 0.3) is 0 Å². The Morgan fingerprint density at radius 2 is 2.00 bits per heavy atom. The molecule has 0 aliphatic rings. The van der Waals surface area contributed by atoms with Gasteiger partial charge in [0.2, 0.25) is 0 Å². The quantitative estimate of drug-likeness (QED) is 0.840. The van der Waals surface area contributed by atoms with Gasteiger partial charge in [-0.3, -0.25) is 4.79 Å². The maximum Gasteiger partial charge on any atom is 0.251 e. The Labute approximate surface area is 103 Å². The van der Waals surface area contributed by atoms with Gasteiger partial charge in [0, 0.05) is 11.6 Å². The second kappa shape index (κ2) is 5.82. The zero-order valence-electron chi connectivity index (χ0n) is 10.9. The molecule has 0 radical (unpaired) electrons. The average Bonchev–Trinajstić information content (AvgIpc) is 2.28. The Kier molecular flexibility index (Phi) is 4.70. The van der Waals surface area contributed by atoms with Crippen LogP contribution in [0.2, 0.25) is 0 Å². The van der Waals surface area contributed by atoms with E-state index in [0.717, 1.165) is 5.56 Å². The Bertz CT molecular complexity index is 399. The van der Waals surface area contributed by atoms with E-state index >= 15 is 0 Å². The van der Waals surface area contributed by atoms with E-state index < -0.39 is 0 Å². The van der Waals surface area contributed by atoms with E-state index in [4.69, 9.17) is 5.11 Å². The van der Waals surface area contributed by atoms with Gasteiger partial charge in [0.15, 0.2) is 0 Å². The van der Waals surface area contributed by atoms with Crippen LogP contribution in [0.1, 0.15) is 48.2 Å². The summed E-state index contributed by atoms with van der Waals surface area (Å²) in [5.74, 6) is 0.327. The van der Waals surface area contributed by atoms with E-state index in [9.17, 15) is 4.79 Å². The van der Waals surface area contributed by atoms with Crippen LogP contribution in [0.3, 0.4) is 0 Å². The summed E-state index contributed by atoms with van der Waals surface area (Å²) in [4.78, 5) is 11.8. The molecule has 17 heavy (non-hydrogen) atoms. The lowest BCUT2D eigenvalue weighted by atomic mass is 9.96. The van der Waals surface area contributed by atoms with Gasteiger partial charge in [-0.05, 0) is 43.0 Å². The van der Waals surface area contributed by atoms with Gasteiger partial charge in [0.05, 0.1) is 6.61 Å². The van der Waals surface area contributed by atoms with E-state index in [1.165, 1.54) is 5.56 Å². The van der Waals surface area contributed by atoms with Gasteiger partial charge >= 0.3 is 0 Å². The zero-order valence-corrected chi connectivity index (χ0v) is 10.9. The molecule has 1 aromatic carbocycles. The highest BCUT2D eigenvalue weighted by molar-refractivity contribution is 5.94. The normalized spacial score (nSPS) is 12.6. The monoisotopic (exact) mass is 235 g/mol. The molecule has 1 aromatic rings. The lowest BCUT2D eigenvalue weighted by molar-refractivity contribution is 0.0922. The van der Waals surface area contributed by atoms with Crippen LogP contribution < -0.4 is 5.32 Å². The highest BCUT2D eigenvalue weighted by atomic mass is 16.3. The maximum atomic E-state index is 11.8. The third-order valence-corrected chi connectivity index (χ3v) is 2.81. The fourth-order valence-electron chi connectivity index (χ4n) is 1.82. The summed E-state index contributed by atoms with van der Waals surface area (Å²) in [6.07, 6.45) is 0. The molecule has 0 aromatic heterocycles. The van der Waals surface area contributed by atoms with Crippen LogP contribution in [0.15, 0.2) is 18.2 Å². The molecule has 0 unspecified atom stereocenters. The number of hydrogen-bond donors (Lipinski definition) is 2. The van der Waals surface area contributed by atoms with Crippen LogP contribution >= 0.6 is 0 Å². The minimum Gasteiger partial charge on any atom is -0.394 e. The first-order chi connectivity index (χ1) is 7.95. The second-order valence-electron chi connectivity index (χ2n) is 4.78. The van der Waals surface area contributed by atoms with Gasteiger partial charge in [-0.15, -0.1) is 0 Å². The first kappa shape index (κ1) is 13.7. The van der Waals surface area contributed by atoms with Gasteiger partial charge in [-0.25, -0.2) is 0 Å². The maximum absolute atomic E-state index is 11.8. The molecule has 0 aliphatic carbocycles. The molecule has 0 heterocycles. The third-order valence-electron chi connectivity index (χ3n) is 2.81. The molecular formula is C14H21NO2. The zero-order chi connectivity index (χ0) is 13.0. The number of aryl methyl sites for hydroxylation is 1. The van der Waals surface area contributed by atoms with Crippen molar-refractivity contribution in [3.63, 3.8) is 0 Å². The molecule has 0 saturated carbocycles. The van der Waals surface area contributed by atoms with Crippen molar-refractivity contribution in [3.8, 4) is 0 Å². The van der Waals surface area contributed by atoms with E-state index in [1.807, 2.05) is 25.1 Å². The lowest BCUT2D eigenvalue weighted by Crippen LogP contribution is -2.35. The largest absolute Gasteiger partial charge is 0.394 e. The summed E-state index contributed by atoms with van der Waals surface area (Å²) in [6.45, 7) is 8.01. The average molecular weight is 235 g/mol. The van der Waals surface area contributed by atoms with Gasteiger partial charge in [-0.1, -0.05) is 19.9 Å².